The monoisotopic (exact) mass is 467 g/mol. The molecule has 7 heteroatoms. The third kappa shape index (κ3) is 4.94. The predicted octanol–water partition coefficient (Wildman–Crippen LogP) is 6.17. The molecule has 0 unspecified atom stereocenters. The Morgan fingerprint density at radius 1 is 0.600 bits per heavy atom. The van der Waals surface area contributed by atoms with E-state index in [0.29, 0.717) is 27.8 Å². The molecular weight excluding hydrogens is 446 g/mol. The van der Waals surface area contributed by atoms with Gasteiger partial charge in [-0.1, -0.05) is 54.6 Å². The highest BCUT2D eigenvalue weighted by atomic mass is 16.6. The third-order valence-electron chi connectivity index (χ3n) is 5.67. The molecule has 4 aromatic carbocycles. The van der Waals surface area contributed by atoms with Gasteiger partial charge in [0.2, 0.25) is 0 Å². The molecule has 4 rings (SSSR count). The van der Waals surface area contributed by atoms with Crippen LogP contribution in [0.15, 0.2) is 91.0 Å². The van der Waals surface area contributed by atoms with Crippen molar-refractivity contribution in [2.75, 3.05) is 14.2 Å². The highest BCUT2D eigenvalue weighted by molar-refractivity contribution is 5.91. The minimum absolute atomic E-state index is 0.0188. The Morgan fingerprint density at radius 3 is 1.40 bits per heavy atom. The molecule has 174 valence electrons. The number of nitro benzene ring substituents is 1. The molecule has 4 aromatic rings. The van der Waals surface area contributed by atoms with Gasteiger partial charge in [-0.25, -0.2) is 9.59 Å². The second-order valence-corrected chi connectivity index (χ2v) is 7.70. The fourth-order valence-electron chi connectivity index (χ4n) is 3.78. The summed E-state index contributed by atoms with van der Waals surface area (Å²) in [5, 5.41) is 11.9. The number of esters is 2. The molecule has 0 aliphatic heterocycles. The highest BCUT2D eigenvalue weighted by Gasteiger charge is 2.17. The maximum Gasteiger partial charge on any atom is 0.337 e. The first kappa shape index (κ1) is 23.4. The summed E-state index contributed by atoms with van der Waals surface area (Å²) in [6, 6.07) is 26.2. The van der Waals surface area contributed by atoms with Crippen LogP contribution in [0.1, 0.15) is 20.7 Å². The summed E-state index contributed by atoms with van der Waals surface area (Å²) in [6.07, 6.45) is 0. The average molecular weight is 467 g/mol. The van der Waals surface area contributed by atoms with Crippen LogP contribution < -0.4 is 0 Å². The van der Waals surface area contributed by atoms with E-state index in [1.807, 2.05) is 42.5 Å². The summed E-state index contributed by atoms with van der Waals surface area (Å²) in [5.74, 6) is -0.845. The zero-order valence-electron chi connectivity index (χ0n) is 19.1. The number of nitrogens with zero attached hydrogens (tertiary/aromatic N) is 1. The molecule has 0 fully saturated rings. The molecule has 0 aliphatic carbocycles. The Balaban J connectivity index is 1.63. The molecule has 0 bridgehead atoms. The zero-order valence-corrected chi connectivity index (χ0v) is 19.1. The van der Waals surface area contributed by atoms with Crippen LogP contribution >= 0.6 is 0 Å². The number of carbonyl (C=O) groups excluding carboxylic acids is 2. The van der Waals surface area contributed by atoms with E-state index in [0.717, 1.165) is 16.7 Å². The van der Waals surface area contributed by atoms with Gasteiger partial charge < -0.3 is 9.47 Å². The SMILES string of the molecule is COC(=O)c1ccc(-c2ccc(-c3ccc(-c4ccc(C(=O)OC)cc4)cc3[N+](=O)[O-])cc2)cc1. The van der Waals surface area contributed by atoms with Crippen molar-refractivity contribution in [3.8, 4) is 33.4 Å². The van der Waals surface area contributed by atoms with Crippen molar-refractivity contribution in [1.82, 2.24) is 0 Å². The van der Waals surface area contributed by atoms with Gasteiger partial charge in [-0.15, -0.1) is 0 Å². The Kier molecular flexibility index (Phi) is 6.69. The van der Waals surface area contributed by atoms with Gasteiger partial charge in [0, 0.05) is 6.07 Å². The molecule has 0 aromatic heterocycles. The fraction of sp³-hybridized carbons (Fsp3) is 0.0714. The van der Waals surface area contributed by atoms with Gasteiger partial charge in [-0.05, 0) is 58.1 Å². The number of hydrogen-bond donors (Lipinski definition) is 0. The Hall–Kier alpha value is -4.78. The number of methoxy groups -OCH3 is 2. The van der Waals surface area contributed by atoms with Crippen molar-refractivity contribution < 1.29 is 24.0 Å². The van der Waals surface area contributed by atoms with E-state index in [9.17, 15) is 19.7 Å². The minimum atomic E-state index is -0.444. The topological polar surface area (TPSA) is 95.7 Å². The van der Waals surface area contributed by atoms with Crippen molar-refractivity contribution in [3.63, 3.8) is 0 Å². The van der Waals surface area contributed by atoms with Crippen molar-refractivity contribution in [2.45, 2.75) is 0 Å². The van der Waals surface area contributed by atoms with Crippen LogP contribution in [0.2, 0.25) is 0 Å². The molecule has 0 aliphatic rings. The summed E-state index contributed by atoms with van der Waals surface area (Å²) in [5.41, 5.74) is 5.29. The van der Waals surface area contributed by atoms with Gasteiger partial charge in [-0.2, -0.15) is 0 Å². The van der Waals surface area contributed by atoms with Gasteiger partial charge in [0.15, 0.2) is 0 Å². The fourth-order valence-corrected chi connectivity index (χ4v) is 3.78. The molecular formula is C28H21NO6. The van der Waals surface area contributed by atoms with Crippen LogP contribution in [0.25, 0.3) is 33.4 Å². The van der Waals surface area contributed by atoms with Crippen LogP contribution in [0.3, 0.4) is 0 Å². The minimum Gasteiger partial charge on any atom is -0.465 e. The number of carbonyl (C=O) groups is 2. The first-order valence-electron chi connectivity index (χ1n) is 10.7. The summed E-state index contributed by atoms with van der Waals surface area (Å²) >= 11 is 0. The standard InChI is InChI=1S/C28H21NO6/c1-34-27(30)22-11-5-19(6-12-22)18-3-9-21(10-4-18)25-16-15-24(17-26(25)29(32)33)20-7-13-23(14-8-20)28(31)35-2/h3-17H,1-2H3. The lowest BCUT2D eigenvalue weighted by Crippen LogP contribution is -2.00. The molecule has 0 spiro atoms. The summed E-state index contributed by atoms with van der Waals surface area (Å²) < 4.78 is 9.43. The second kappa shape index (κ2) is 10.0. The third-order valence-corrected chi connectivity index (χ3v) is 5.67. The highest BCUT2D eigenvalue weighted by Crippen LogP contribution is 2.35. The summed E-state index contributed by atoms with van der Waals surface area (Å²) in [7, 11) is 2.65. The zero-order chi connectivity index (χ0) is 24.9. The number of rotatable bonds is 6. The lowest BCUT2D eigenvalue weighted by atomic mass is 9.96. The van der Waals surface area contributed by atoms with Gasteiger partial charge in [0.1, 0.15) is 0 Å². The molecule has 35 heavy (non-hydrogen) atoms. The molecule has 0 saturated carbocycles. The Bertz CT molecular complexity index is 1390. The molecule has 0 saturated heterocycles. The van der Waals surface area contributed by atoms with Crippen molar-refractivity contribution in [3.05, 3.63) is 112 Å². The number of hydrogen-bond acceptors (Lipinski definition) is 6. The maximum atomic E-state index is 11.9. The number of benzene rings is 4. The van der Waals surface area contributed by atoms with Gasteiger partial charge >= 0.3 is 11.9 Å². The van der Waals surface area contributed by atoms with Crippen LogP contribution in [0, 0.1) is 10.1 Å². The largest absolute Gasteiger partial charge is 0.465 e. The molecule has 0 amide bonds. The van der Waals surface area contributed by atoms with Crippen molar-refractivity contribution >= 4 is 17.6 Å². The van der Waals surface area contributed by atoms with Crippen LogP contribution in [-0.2, 0) is 9.47 Å². The van der Waals surface area contributed by atoms with Gasteiger partial charge in [0.25, 0.3) is 5.69 Å². The summed E-state index contributed by atoms with van der Waals surface area (Å²) in [4.78, 5) is 34.7. The first-order valence-corrected chi connectivity index (χ1v) is 10.7. The molecule has 0 N–H and O–H groups in total. The van der Waals surface area contributed by atoms with E-state index in [1.165, 1.54) is 20.3 Å². The van der Waals surface area contributed by atoms with E-state index in [2.05, 4.69) is 0 Å². The maximum absolute atomic E-state index is 11.9. The Labute approximate surface area is 201 Å². The Morgan fingerprint density at radius 2 is 0.971 bits per heavy atom. The lowest BCUT2D eigenvalue weighted by Gasteiger charge is -2.09. The molecule has 0 radical (unpaired) electrons. The quantitative estimate of drug-likeness (QED) is 0.191. The normalized spacial score (nSPS) is 10.5. The smallest absolute Gasteiger partial charge is 0.337 e. The van der Waals surface area contributed by atoms with E-state index in [4.69, 9.17) is 9.47 Å². The molecule has 0 heterocycles. The van der Waals surface area contributed by atoms with Crippen molar-refractivity contribution in [1.29, 1.82) is 0 Å². The van der Waals surface area contributed by atoms with Crippen LogP contribution in [0.5, 0.6) is 0 Å². The lowest BCUT2D eigenvalue weighted by molar-refractivity contribution is -0.384. The van der Waals surface area contributed by atoms with E-state index in [-0.39, 0.29) is 5.69 Å². The molecule has 0 atom stereocenters. The first-order chi connectivity index (χ1) is 16.9. The van der Waals surface area contributed by atoms with E-state index < -0.39 is 16.9 Å². The number of ether oxygens (including phenoxy) is 2. The number of nitro groups is 1. The second-order valence-electron chi connectivity index (χ2n) is 7.70. The van der Waals surface area contributed by atoms with Gasteiger partial charge in [0.05, 0.1) is 35.8 Å². The van der Waals surface area contributed by atoms with Crippen LogP contribution in [-0.4, -0.2) is 31.1 Å². The van der Waals surface area contributed by atoms with Crippen LogP contribution in [0.4, 0.5) is 5.69 Å². The van der Waals surface area contributed by atoms with Gasteiger partial charge in [-0.3, -0.25) is 10.1 Å². The van der Waals surface area contributed by atoms with Crippen molar-refractivity contribution in [2.24, 2.45) is 0 Å². The average Bonchev–Trinajstić information content (AvgIpc) is 2.92. The van der Waals surface area contributed by atoms with E-state index in [1.54, 1.807) is 42.5 Å². The summed E-state index contributed by atoms with van der Waals surface area (Å²) in [6.45, 7) is 0. The van der Waals surface area contributed by atoms with E-state index >= 15 is 0 Å². The predicted molar refractivity (Wildman–Crippen MR) is 132 cm³/mol. The molecule has 7 nitrogen and oxygen atoms in total.